The van der Waals surface area contributed by atoms with Gasteiger partial charge in [-0.2, -0.15) is 0 Å². The Hall–Kier alpha value is -3.74. The molecule has 0 saturated carbocycles. The summed E-state index contributed by atoms with van der Waals surface area (Å²) in [5, 5.41) is 7.66. The van der Waals surface area contributed by atoms with Gasteiger partial charge in [0, 0.05) is 21.3 Å². The van der Waals surface area contributed by atoms with E-state index in [1.807, 2.05) is 36.4 Å². The number of carbonyl (C=O) groups excluding carboxylic acids is 2. The second-order valence-electron chi connectivity index (χ2n) is 7.93. The van der Waals surface area contributed by atoms with Crippen LogP contribution < -0.4 is 5.32 Å². The Kier molecular flexibility index (Phi) is 8.95. The minimum Gasteiger partial charge on any atom is -0.466 e. The summed E-state index contributed by atoms with van der Waals surface area (Å²) in [6, 6.07) is 16.0. The standard InChI is InChI=1S/C26H27ClN4O4/c1-4-35-26(33)24-21(14-13-20(30-31-28)17-9-6-5-7-10-17)29-16(2)22(25(32)34-3)23(24)18-11-8-12-19(27)15-18/h5-12,15,20,23,29H,4,13-14H2,1-3H3. The first kappa shape index (κ1) is 25.9. The summed E-state index contributed by atoms with van der Waals surface area (Å²) < 4.78 is 10.5. The van der Waals surface area contributed by atoms with E-state index in [9.17, 15) is 9.59 Å². The fourth-order valence-electron chi connectivity index (χ4n) is 4.25. The molecular formula is C26H27ClN4O4. The zero-order chi connectivity index (χ0) is 25.4. The monoisotopic (exact) mass is 494 g/mol. The minimum atomic E-state index is -0.744. The predicted molar refractivity (Wildman–Crippen MR) is 133 cm³/mol. The molecule has 2 atom stereocenters. The first-order chi connectivity index (χ1) is 16.9. The molecule has 0 aromatic heterocycles. The number of dihydropyridines is 1. The number of hydrogen-bond donors (Lipinski definition) is 1. The van der Waals surface area contributed by atoms with Crippen molar-refractivity contribution in [1.29, 1.82) is 0 Å². The van der Waals surface area contributed by atoms with Gasteiger partial charge in [-0.1, -0.05) is 59.2 Å². The van der Waals surface area contributed by atoms with Crippen LogP contribution in [0.15, 0.2) is 82.3 Å². The number of nitrogens with one attached hydrogen (secondary N) is 1. The molecule has 182 valence electrons. The molecule has 0 amide bonds. The van der Waals surface area contributed by atoms with Crippen molar-refractivity contribution >= 4 is 23.5 Å². The number of nitrogens with zero attached hydrogens (tertiary/aromatic N) is 3. The van der Waals surface area contributed by atoms with E-state index in [1.54, 1.807) is 32.0 Å². The fraction of sp³-hybridized carbons (Fsp3) is 0.308. The Morgan fingerprint density at radius 1 is 1.14 bits per heavy atom. The molecule has 1 heterocycles. The third-order valence-electron chi connectivity index (χ3n) is 5.77. The van der Waals surface area contributed by atoms with Gasteiger partial charge in [0.05, 0.1) is 36.8 Å². The van der Waals surface area contributed by atoms with E-state index < -0.39 is 23.9 Å². The number of azide groups is 1. The van der Waals surface area contributed by atoms with Gasteiger partial charge in [-0.25, -0.2) is 9.59 Å². The summed E-state index contributed by atoms with van der Waals surface area (Å²) >= 11 is 6.27. The summed E-state index contributed by atoms with van der Waals surface area (Å²) in [6.45, 7) is 3.64. The van der Waals surface area contributed by atoms with Crippen molar-refractivity contribution in [2.45, 2.75) is 38.6 Å². The molecule has 3 rings (SSSR count). The molecule has 1 N–H and O–H groups in total. The van der Waals surface area contributed by atoms with E-state index in [2.05, 4.69) is 15.3 Å². The van der Waals surface area contributed by atoms with E-state index in [0.29, 0.717) is 46.0 Å². The second-order valence-corrected chi connectivity index (χ2v) is 8.36. The highest BCUT2D eigenvalue weighted by Gasteiger charge is 2.38. The molecule has 0 aliphatic carbocycles. The van der Waals surface area contributed by atoms with Crippen LogP contribution in [-0.4, -0.2) is 25.7 Å². The topological polar surface area (TPSA) is 113 Å². The van der Waals surface area contributed by atoms with E-state index >= 15 is 0 Å². The van der Waals surface area contributed by atoms with Crippen LogP contribution in [0.1, 0.15) is 49.8 Å². The number of rotatable bonds is 9. The van der Waals surface area contributed by atoms with Crippen LogP contribution in [0.2, 0.25) is 5.02 Å². The Balaban J connectivity index is 2.11. The molecule has 0 spiro atoms. The number of allylic oxidation sites excluding steroid dienone is 2. The lowest BCUT2D eigenvalue weighted by Gasteiger charge is -2.32. The van der Waals surface area contributed by atoms with Crippen molar-refractivity contribution in [3.63, 3.8) is 0 Å². The number of carbonyl (C=O) groups is 2. The third-order valence-corrected chi connectivity index (χ3v) is 6.01. The number of esters is 2. The fourth-order valence-corrected chi connectivity index (χ4v) is 4.45. The van der Waals surface area contributed by atoms with E-state index in [-0.39, 0.29) is 6.61 Å². The highest BCUT2D eigenvalue weighted by molar-refractivity contribution is 6.30. The van der Waals surface area contributed by atoms with Gasteiger partial charge in [-0.15, -0.1) is 0 Å². The van der Waals surface area contributed by atoms with Crippen molar-refractivity contribution in [3.8, 4) is 0 Å². The lowest BCUT2D eigenvalue weighted by molar-refractivity contribution is -0.139. The van der Waals surface area contributed by atoms with Crippen molar-refractivity contribution in [2.24, 2.45) is 5.11 Å². The zero-order valence-corrected chi connectivity index (χ0v) is 20.6. The number of ether oxygens (including phenoxy) is 2. The highest BCUT2D eigenvalue weighted by atomic mass is 35.5. The minimum absolute atomic E-state index is 0.166. The molecule has 2 unspecified atom stereocenters. The lowest BCUT2D eigenvalue weighted by atomic mass is 9.79. The van der Waals surface area contributed by atoms with Gasteiger partial charge >= 0.3 is 11.9 Å². The maximum atomic E-state index is 13.3. The van der Waals surface area contributed by atoms with Gasteiger partial charge in [0.2, 0.25) is 0 Å². The number of methoxy groups -OCH3 is 1. The number of halogens is 1. The molecule has 2 aromatic carbocycles. The third kappa shape index (κ3) is 6.04. The first-order valence-electron chi connectivity index (χ1n) is 11.2. The molecule has 1 aliphatic rings. The predicted octanol–water partition coefficient (Wildman–Crippen LogP) is 6.12. The largest absolute Gasteiger partial charge is 0.466 e. The van der Waals surface area contributed by atoms with Crippen LogP contribution in [-0.2, 0) is 19.1 Å². The summed E-state index contributed by atoms with van der Waals surface area (Å²) in [4.78, 5) is 29.1. The van der Waals surface area contributed by atoms with Gasteiger partial charge in [-0.05, 0) is 55.5 Å². The van der Waals surface area contributed by atoms with E-state index in [4.69, 9.17) is 26.6 Å². The van der Waals surface area contributed by atoms with Gasteiger partial charge in [0.25, 0.3) is 0 Å². The number of benzene rings is 2. The molecule has 2 aromatic rings. The molecule has 9 heteroatoms. The SMILES string of the molecule is CCOC(=O)C1=C(CCC(N=[N+]=[N-])c2ccccc2)NC(C)=C(C(=O)OC)C1c1cccc(Cl)c1. The van der Waals surface area contributed by atoms with Crippen LogP contribution >= 0.6 is 11.6 Å². The van der Waals surface area contributed by atoms with Gasteiger partial charge < -0.3 is 14.8 Å². The molecule has 1 aliphatic heterocycles. The number of hydrogen-bond acceptors (Lipinski definition) is 6. The first-order valence-corrected chi connectivity index (χ1v) is 11.6. The summed E-state index contributed by atoms with van der Waals surface area (Å²) in [5.41, 5.74) is 12.4. The van der Waals surface area contributed by atoms with Crippen LogP contribution in [0.3, 0.4) is 0 Å². The molecule has 35 heavy (non-hydrogen) atoms. The Labute approximate surface area is 209 Å². The van der Waals surface area contributed by atoms with E-state index in [1.165, 1.54) is 7.11 Å². The molecule has 0 bridgehead atoms. The normalized spacial score (nSPS) is 16.2. The van der Waals surface area contributed by atoms with Gasteiger partial charge in [-0.3, -0.25) is 0 Å². The maximum Gasteiger partial charge on any atom is 0.336 e. The van der Waals surface area contributed by atoms with E-state index in [0.717, 1.165) is 5.56 Å². The Morgan fingerprint density at radius 2 is 1.89 bits per heavy atom. The summed E-state index contributed by atoms with van der Waals surface area (Å²) in [5.74, 6) is -1.85. The molecule has 0 saturated heterocycles. The van der Waals surface area contributed by atoms with Crippen LogP contribution in [0.4, 0.5) is 0 Å². The quantitative estimate of drug-likeness (QED) is 0.195. The Morgan fingerprint density at radius 3 is 2.51 bits per heavy atom. The maximum absolute atomic E-state index is 13.3. The highest BCUT2D eigenvalue weighted by Crippen LogP contribution is 2.41. The molecular weight excluding hydrogens is 468 g/mol. The average Bonchev–Trinajstić information content (AvgIpc) is 2.86. The van der Waals surface area contributed by atoms with Crippen molar-refractivity contribution in [2.75, 3.05) is 13.7 Å². The summed E-state index contributed by atoms with van der Waals surface area (Å²) in [7, 11) is 1.30. The van der Waals surface area contributed by atoms with Crippen molar-refractivity contribution in [1.82, 2.24) is 5.32 Å². The van der Waals surface area contributed by atoms with Crippen LogP contribution in [0.25, 0.3) is 10.4 Å². The van der Waals surface area contributed by atoms with Gasteiger partial charge in [0.1, 0.15) is 0 Å². The lowest BCUT2D eigenvalue weighted by Crippen LogP contribution is -2.33. The van der Waals surface area contributed by atoms with Crippen LogP contribution in [0, 0.1) is 0 Å². The second kappa shape index (κ2) is 12.1. The van der Waals surface area contributed by atoms with Gasteiger partial charge in [0.15, 0.2) is 0 Å². The van der Waals surface area contributed by atoms with Crippen molar-refractivity contribution in [3.05, 3.63) is 104 Å². The summed E-state index contributed by atoms with van der Waals surface area (Å²) in [6.07, 6.45) is 0.804. The molecule has 8 nitrogen and oxygen atoms in total. The molecule has 0 fully saturated rings. The molecule has 0 radical (unpaired) electrons. The smallest absolute Gasteiger partial charge is 0.336 e. The van der Waals surface area contributed by atoms with Crippen LogP contribution in [0.5, 0.6) is 0 Å². The zero-order valence-electron chi connectivity index (χ0n) is 19.8. The Bertz CT molecular complexity index is 1200. The van der Waals surface area contributed by atoms with Crippen molar-refractivity contribution < 1.29 is 19.1 Å². The average molecular weight is 495 g/mol.